The smallest absolute Gasteiger partial charge is 0.194 e. The Morgan fingerprint density at radius 1 is 1.10 bits per heavy atom. The SMILES string of the molecule is O=Cc1c(-c2ccc3ccccc3c2)nc2sccn12. The molecule has 0 aliphatic heterocycles. The first-order chi connectivity index (χ1) is 9.86. The van der Waals surface area contributed by atoms with Crippen LogP contribution in [0.15, 0.2) is 54.0 Å². The maximum atomic E-state index is 11.4. The van der Waals surface area contributed by atoms with Crippen LogP contribution in [0.5, 0.6) is 0 Å². The molecule has 3 nitrogen and oxygen atoms in total. The van der Waals surface area contributed by atoms with E-state index >= 15 is 0 Å². The molecule has 96 valence electrons. The third-order valence-electron chi connectivity index (χ3n) is 3.43. The number of aromatic nitrogens is 2. The molecule has 0 amide bonds. The van der Waals surface area contributed by atoms with Crippen molar-refractivity contribution in [1.82, 2.24) is 9.38 Å². The van der Waals surface area contributed by atoms with Crippen LogP contribution in [0.3, 0.4) is 0 Å². The van der Waals surface area contributed by atoms with Crippen molar-refractivity contribution in [2.75, 3.05) is 0 Å². The molecule has 0 N–H and O–H groups in total. The fraction of sp³-hybridized carbons (Fsp3) is 0. The first kappa shape index (κ1) is 11.4. The molecule has 0 radical (unpaired) electrons. The second kappa shape index (κ2) is 4.28. The van der Waals surface area contributed by atoms with Gasteiger partial charge in [0.25, 0.3) is 0 Å². The van der Waals surface area contributed by atoms with Crippen LogP contribution in [0.4, 0.5) is 0 Å². The summed E-state index contributed by atoms with van der Waals surface area (Å²) in [6, 6.07) is 14.3. The van der Waals surface area contributed by atoms with Crippen molar-refractivity contribution in [2.45, 2.75) is 0 Å². The summed E-state index contributed by atoms with van der Waals surface area (Å²) >= 11 is 1.53. The lowest BCUT2D eigenvalue weighted by Gasteiger charge is -2.02. The van der Waals surface area contributed by atoms with Crippen LogP contribution in [-0.4, -0.2) is 15.7 Å². The van der Waals surface area contributed by atoms with Gasteiger partial charge in [0.1, 0.15) is 11.4 Å². The fourth-order valence-electron chi connectivity index (χ4n) is 2.46. The van der Waals surface area contributed by atoms with Gasteiger partial charge >= 0.3 is 0 Å². The molecule has 4 rings (SSSR count). The number of rotatable bonds is 2. The summed E-state index contributed by atoms with van der Waals surface area (Å²) < 4.78 is 1.84. The molecular weight excluding hydrogens is 268 g/mol. The van der Waals surface area contributed by atoms with Gasteiger partial charge in [0.05, 0.1) is 0 Å². The van der Waals surface area contributed by atoms with Gasteiger partial charge in [0, 0.05) is 17.1 Å². The average molecular weight is 278 g/mol. The number of aldehydes is 1. The topological polar surface area (TPSA) is 34.4 Å². The number of carbonyl (C=O) groups excluding carboxylic acids is 1. The van der Waals surface area contributed by atoms with E-state index in [1.807, 2.05) is 34.2 Å². The first-order valence-corrected chi connectivity index (χ1v) is 7.15. The monoisotopic (exact) mass is 278 g/mol. The summed E-state index contributed by atoms with van der Waals surface area (Å²) in [6.07, 6.45) is 2.75. The molecular formula is C16H10N2OS. The van der Waals surface area contributed by atoms with Crippen molar-refractivity contribution >= 4 is 33.4 Å². The van der Waals surface area contributed by atoms with Crippen molar-refractivity contribution in [3.8, 4) is 11.3 Å². The Kier molecular flexibility index (Phi) is 2.44. The van der Waals surface area contributed by atoms with E-state index in [0.29, 0.717) is 5.69 Å². The summed E-state index contributed by atoms with van der Waals surface area (Å²) in [5.41, 5.74) is 2.33. The second-order valence-electron chi connectivity index (χ2n) is 4.58. The summed E-state index contributed by atoms with van der Waals surface area (Å²) in [5, 5.41) is 4.27. The van der Waals surface area contributed by atoms with E-state index in [4.69, 9.17) is 0 Å². The van der Waals surface area contributed by atoms with Gasteiger partial charge in [-0.15, -0.1) is 11.3 Å². The fourth-order valence-corrected chi connectivity index (χ4v) is 3.19. The number of carbonyl (C=O) groups is 1. The molecule has 0 spiro atoms. The molecule has 0 saturated carbocycles. The van der Waals surface area contributed by atoms with Crippen LogP contribution in [0, 0.1) is 0 Å². The van der Waals surface area contributed by atoms with E-state index in [-0.39, 0.29) is 0 Å². The van der Waals surface area contributed by atoms with Gasteiger partial charge in [-0.2, -0.15) is 0 Å². The lowest BCUT2D eigenvalue weighted by atomic mass is 10.0. The van der Waals surface area contributed by atoms with Crippen molar-refractivity contribution in [3.05, 3.63) is 59.7 Å². The number of nitrogens with zero attached hydrogens (tertiary/aromatic N) is 2. The van der Waals surface area contributed by atoms with Crippen LogP contribution in [0.1, 0.15) is 10.5 Å². The highest BCUT2D eigenvalue weighted by Gasteiger charge is 2.14. The lowest BCUT2D eigenvalue weighted by Crippen LogP contribution is -1.90. The van der Waals surface area contributed by atoms with Gasteiger partial charge in [0.15, 0.2) is 11.2 Å². The van der Waals surface area contributed by atoms with E-state index < -0.39 is 0 Å². The number of hydrogen-bond donors (Lipinski definition) is 0. The minimum atomic E-state index is 0.608. The number of hydrogen-bond acceptors (Lipinski definition) is 3. The van der Waals surface area contributed by atoms with Crippen molar-refractivity contribution < 1.29 is 4.79 Å². The van der Waals surface area contributed by atoms with Gasteiger partial charge < -0.3 is 0 Å². The highest BCUT2D eigenvalue weighted by molar-refractivity contribution is 7.15. The van der Waals surface area contributed by atoms with Gasteiger partial charge in [-0.05, 0) is 16.8 Å². The van der Waals surface area contributed by atoms with Gasteiger partial charge in [0.2, 0.25) is 0 Å². The summed E-state index contributed by atoms with van der Waals surface area (Å²) in [5.74, 6) is 0. The van der Waals surface area contributed by atoms with Gasteiger partial charge in [-0.25, -0.2) is 4.98 Å². The zero-order chi connectivity index (χ0) is 13.5. The Bertz CT molecular complexity index is 936. The highest BCUT2D eigenvalue weighted by atomic mass is 32.1. The van der Waals surface area contributed by atoms with Crippen LogP contribution in [0.2, 0.25) is 0 Å². The van der Waals surface area contributed by atoms with Gasteiger partial charge in [-0.1, -0.05) is 36.4 Å². The third kappa shape index (κ3) is 1.58. The second-order valence-corrected chi connectivity index (χ2v) is 5.45. The first-order valence-electron chi connectivity index (χ1n) is 6.27. The number of benzene rings is 2. The Morgan fingerprint density at radius 3 is 2.80 bits per heavy atom. The standard InChI is InChI=1S/C16H10N2OS/c19-10-14-15(17-16-18(14)7-8-20-16)13-6-5-11-3-1-2-4-12(11)9-13/h1-10H. The van der Waals surface area contributed by atoms with E-state index in [1.54, 1.807) is 0 Å². The average Bonchev–Trinajstić information content (AvgIpc) is 3.07. The van der Waals surface area contributed by atoms with Crippen LogP contribution in [0.25, 0.3) is 27.0 Å². The molecule has 0 aliphatic rings. The lowest BCUT2D eigenvalue weighted by molar-refractivity contribution is 0.111. The molecule has 2 aromatic carbocycles. The maximum Gasteiger partial charge on any atom is 0.194 e. The molecule has 0 fully saturated rings. The molecule has 0 bridgehead atoms. The van der Waals surface area contributed by atoms with E-state index in [9.17, 15) is 4.79 Å². The molecule has 4 heteroatoms. The number of imidazole rings is 1. The zero-order valence-corrected chi connectivity index (χ0v) is 11.3. The molecule has 0 aliphatic carbocycles. The van der Waals surface area contributed by atoms with Crippen molar-refractivity contribution in [2.24, 2.45) is 0 Å². The maximum absolute atomic E-state index is 11.4. The highest BCUT2D eigenvalue weighted by Crippen LogP contribution is 2.28. The Morgan fingerprint density at radius 2 is 1.95 bits per heavy atom. The van der Waals surface area contributed by atoms with E-state index in [2.05, 4.69) is 29.2 Å². The Hall–Kier alpha value is -2.46. The largest absolute Gasteiger partial charge is 0.296 e. The van der Waals surface area contributed by atoms with Crippen LogP contribution < -0.4 is 0 Å². The molecule has 20 heavy (non-hydrogen) atoms. The van der Waals surface area contributed by atoms with Crippen LogP contribution in [-0.2, 0) is 0 Å². The van der Waals surface area contributed by atoms with Crippen LogP contribution >= 0.6 is 11.3 Å². The minimum absolute atomic E-state index is 0.608. The molecule has 0 unspecified atom stereocenters. The van der Waals surface area contributed by atoms with Crippen molar-refractivity contribution in [1.29, 1.82) is 0 Å². The molecule has 2 heterocycles. The minimum Gasteiger partial charge on any atom is -0.296 e. The number of fused-ring (bicyclic) bond motifs is 2. The summed E-state index contributed by atoms with van der Waals surface area (Å²) in [7, 11) is 0. The predicted molar refractivity (Wildman–Crippen MR) is 81.4 cm³/mol. The molecule has 0 atom stereocenters. The van der Waals surface area contributed by atoms with Crippen molar-refractivity contribution in [3.63, 3.8) is 0 Å². The Labute approximate surface area is 119 Å². The predicted octanol–water partition coefficient (Wildman–Crippen LogP) is 4.03. The zero-order valence-electron chi connectivity index (χ0n) is 10.5. The van der Waals surface area contributed by atoms with E-state index in [1.165, 1.54) is 16.7 Å². The van der Waals surface area contributed by atoms with E-state index in [0.717, 1.165) is 27.9 Å². The number of thiazole rings is 1. The molecule has 2 aromatic heterocycles. The Balaban J connectivity index is 2.00. The summed E-state index contributed by atoms with van der Waals surface area (Å²) in [4.78, 5) is 16.8. The third-order valence-corrected chi connectivity index (χ3v) is 4.19. The summed E-state index contributed by atoms with van der Waals surface area (Å²) in [6.45, 7) is 0. The molecule has 0 saturated heterocycles. The van der Waals surface area contributed by atoms with Gasteiger partial charge in [-0.3, -0.25) is 9.20 Å². The molecule has 4 aromatic rings. The normalized spacial score (nSPS) is 11.2. The quantitative estimate of drug-likeness (QED) is 0.519.